The molecule has 3 heterocycles. The summed E-state index contributed by atoms with van der Waals surface area (Å²) in [5, 5.41) is 5.30. The zero-order valence-electron chi connectivity index (χ0n) is 19.5. The molecule has 2 aromatic carbocycles. The van der Waals surface area contributed by atoms with Crippen LogP contribution < -0.4 is 4.90 Å². The fourth-order valence-corrected chi connectivity index (χ4v) is 5.09. The summed E-state index contributed by atoms with van der Waals surface area (Å²) in [6, 6.07) is 11.8. The lowest BCUT2D eigenvalue weighted by Gasteiger charge is -2.36. The van der Waals surface area contributed by atoms with Crippen molar-refractivity contribution < 1.29 is 22.8 Å². The van der Waals surface area contributed by atoms with Crippen LogP contribution in [0.25, 0.3) is 0 Å². The molecule has 0 N–H and O–H groups in total. The zero-order chi connectivity index (χ0) is 26.3. The van der Waals surface area contributed by atoms with Gasteiger partial charge in [-0.15, -0.1) is 0 Å². The predicted octanol–water partition coefficient (Wildman–Crippen LogP) is 4.83. The highest BCUT2D eigenvalue weighted by molar-refractivity contribution is 6.36. The number of amides is 2. The lowest BCUT2D eigenvalue weighted by Crippen LogP contribution is -2.49. The van der Waals surface area contributed by atoms with Crippen molar-refractivity contribution in [3.8, 4) is 0 Å². The normalized spacial score (nSPS) is 16.2. The Kier molecular flexibility index (Phi) is 6.80. The predicted molar refractivity (Wildman–Crippen MR) is 133 cm³/mol. The van der Waals surface area contributed by atoms with Gasteiger partial charge in [0.05, 0.1) is 12.1 Å². The third-order valence-corrected chi connectivity index (χ3v) is 7.31. The van der Waals surface area contributed by atoms with Gasteiger partial charge in [-0.1, -0.05) is 35.3 Å². The van der Waals surface area contributed by atoms with Crippen LogP contribution in [0.2, 0.25) is 10.0 Å². The van der Waals surface area contributed by atoms with Crippen molar-refractivity contribution >= 4 is 40.7 Å². The molecule has 2 aliphatic rings. The minimum Gasteiger partial charge on any atom is -0.368 e. The summed E-state index contributed by atoms with van der Waals surface area (Å²) in [6.07, 6.45) is -4.42. The van der Waals surface area contributed by atoms with E-state index in [0.29, 0.717) is 66.3 Å². The van der Waals surface area contributed by atoms with E-state index in [0.717, 1.165) is 12.1 Å². The van der Waals surface area contributed by atoms with E-state index < -0.39 is 11.7 Å². The number of benzene rings is 2. The Morgan fingerprint density at radius 2 is 1.59 bits per heavy atom. The molecule has 5 rings (SSSR count). The molecule has 194 valence electrons. The molecule has 1 saturated heterocycles. The van der Waals surface area contributed by atoms with Crippen LogP contribution >= 0.6 is 23.2 Å². The molecule has 12 heteroatoms. The number of carbonyl (C=O) groups excluding carboxylic acids is 2. The molecule has 0 saturated carbocycles. The third kappa shape index (κ3) is 5.13. The second-order valence-corrected chi connectivity index (χ2v) is 9.71. The van der Waals surface area contributed by atoms with Crippen molar-refractivity contribution in [1.29, 1.82) is 0 Å². The molecule has 0 spiro atoms. The summed E-state index contributed by atoms with van der Waals surface area (Å²) in [4.78, 5) is 31.3. The van der Waals surface area contributed by atoms with E-state index >= 15 is 0 Å². The first-order chi connectivity index (χ1) is 17.6. The number of anilines is 1. The first-order valence-corrected chi connectivity index (χ1v) is 12.4. The van der Waals surface area contributed by atoms with Crippen LogP contribution in [0.15, 0.2) is 48.5 Å². The van der Waals surface area contributed by atoms with Crippen LogP contribution in [-0.4, -0.2) is 64.1 Å². The van der Waals surface area contributed by atoms with Gasteiger partial charge in [0.1, 0.15) is 5.69 Å². The molecule has 0 atom stereocenters. The Labute approximate surface area is 220 Å². The summed E-state index contributed by atoms with van der Waals surface area (Å²) in [6.45, 7) is 2.45. The molecule has 7 nitrogen and oxygen atoms in total. The molecule has 2 aliphatic heterocycles. The number of rotatable bonds is 4. The Morgan fingerprint density at radius 1 is 0.919 bits per heavy atom. The number of halogens is 5. The molecule has 0 unspecified atom stereocenters. The van der Waals surface area contributed by atoms with Crippen molar-refractivity contribution in [3.05, 3.63) is 81.1 Å². The van der Waals surface area contributed by atoms with Gasteiger partial charge in [-0.25, -0.2) is 0 Å². The molecule has 37 heavy (non-hydrogen) atoms. The molecular formula is C25H22Cl2F3N5O2. The van der Waals surface area contributed by atoms with Crippen LogP contribution in [0.4, 0.5) is 18.9 Å². The van der Waals surface area contributed by atoms with Gasteiger partial charge in [-0.3, -0.25) is 14.3 Å². The molecule has 1 fully saturated rings. The summed E-state index contributed by atoms with van der Waals surface area (Å²) in [5.74, 6) is -0.595. The molecule has 0 bridgehead atoms. The fourth-order valence-electron chi connectivity index (χ4n) is 4.58. The Morgan fingerprint density at radius 3 is 2.27 bits per heavy atom. The highest BCUT2D eigenvalue weighted by atomic mass is 35.5. The summed E-state index contributed by atoms with van der Waals surface area (Å²) in [5.41, 5.74) is 0.877. The van der Waals surface area contributed by atoms with Crippen molar-refractivity contribution in [1.82, 2.24) is 19.6 Å². The van der Waals surface area contributed by atoms with Gasteiger partial charge in [0.25, 0.3) is 11.8 Å². The fraction of sp³-hybridized carbons (Fsp3) is 0.320. The topological polar surface area (TPSA) is 61.7 Å². The average Bonchev–Trinajstić information content (AvgIpc) is 3.32. The lowest BCUT2D eigenvalue weighted by molar-refractivity contribution is -0.137. The number of nitrogens with zero attached hydrogens (tertiary/aromatic N) is 5. The standard InChI is InChI=1S/C25H22Cl2F3N5O2/c26-19-5-2-6-20(27)18(19)15-34-11-12-35-22(24(34)37)14-21(31-35)23(36)33-9-7-32(8-10-33)17-4-1-3-16(13-17)25(28,29)30/h1-6,13-14H,7-12,15H2. The van der Waals surface area contributed by atoms with Gasteiger partial charge in [0.15, 0.2) is 5.69 Å². The molecule has 2 amide bonds. The number of fused-ring (bicyclic) bond motifs is 1. The largest absolute Gasteiger partial charge is 0.416 e. The monoisotopic (exact) mass is 551 g/mol. The minimum absolute atomic E-state index is 0.161. The van der Waals surface area contributed by atoms with Crippen molar-refractivity contribution in [2.75, 3.05) is 37.6 Å². The van der Waals surface area contributed by atoms with E-state index in [9.17, 15) is 22.8 Å². The highest BCUT2D eigenvalue weighted by Gasteiger charge is 2.33. The number of piperazine rings is 1. The lowest BCUT2D eigenvalue weighted by atomic mass is 10.1. The SMILES string of the molecule is O=C(c1cc2n(n1)CCN(Cc1c(Cl)cccc1Cl)C2=O)N1CCN(c2cccc(C(F)(F)F)c2)CC1. The molecular weight excluding hydrogens is 530 g/mol. The zero-order valence-corrected chi connectivity index (χ0v) is 21.0. The molecule has 3 aromatic rings. The van der Waals surface area contributed by atoms with Crippen LogP contribution in [0.5, 0.6) is 0 Å². The second-order valence-electron chi connectivity index (χ2n) is 8.89. The van der Waals surface area contributed by atoms with Gasteiger partial charge >= 0.3 is 6.18 Å². The number of carbonyl (C=O) groups is 2. The number of hydrogen-bond donors (Lipinski definition) is 0. The number of hydrogen-bond acceptors (Lipinski definition) is 4. The molecule has 0 aliphatic carbocycles. The first kappa shape index (κ1) is 25.4. The maximum Gasteiger partial charge on any atom is 0.416 e. The Hall–Kier alpha value is -3.24. The number of aromatic nitrogens is 2. The maximum absolute atomic E-state index is 13.1. The van der Waals surface area contributed by atoms with E-state index in [1.807, 2.05) is 4.90 Å². The molecule has 1 aromatic heterocycles. The van der Waals surface area contributed by atoms with E-state index in [-0.39, 0.29) is 24.1 Å². The smallest absolute Gasteiger partial charge is 0.368 e. The van der Waals surface area contributed by atoms with Gasteiger partial charge in [-0.2, -0.15) is 18.3 Å². The van der Waals surface area contributed by atoms with E-state index in [2.05, 4.69) is 5.10 Å². The van der Waals surface area contributed by atoms with Crippen LogP contribution in [-0.2, 0) is 19.3 Å². The summed E-state index contributed by atoms with van der Waals surface area (Å²) < 4.78 is 40.7. The quantitative estimate of drug-likeness (QED) is 0.466. The van der Waals surface area contributed by atoms with E-state index in [4.69, 9.17) is 23.2 Å². The van der Waals surface area contributed by atoms with Crippen molar-refractivity contribution in [2.45, 2.75) is 19.3 Å². The highest BCUT2D eigenvalue weighted by Crippen LogP contribution is 2.32. The van der Waals surface area contributed by atoms with Crippen LogP contribution in [0.1, 0.15) is 32.1 Å². The van der Waals surface area contributed by atoms with Crippen LogP contribution in [0.3, 0.4) is 0 Å². The summed E-state index contributed by atoms with van der Waals surface area (Å²) in [7, 11) is 0. The van der Waals surface area contributed by atoms with Gasteiger partial charge in [0.2, 0.25) is 0 Å². The molecule has 0 radical (unpaired) electrons. The Bertz CT molecular complexity index is 1330. The Balaban J connectivity index is 1.25. The van der Waals surface area contributed by atoms with Gasteiger partial charge < -0.3 is 14.7 Å². The second kappa shape index (κ2) is 9.90. The van der Waals surface area contributed by atoms with Crippen LogP contribution in [0, 0.1) is 0 Å². The van der Waals surface area contributed by atoms with Crippen molar-refractivity contribution in [3.63, 3.8) is 0 Å². The number of alkyl halides is 3. The average molecular weight is 552 g/mol. The van der Waals surface area contributed by atoms with E-state index in [1.54, 1.807) is 34.1 Å². The van der Waals surface area contributed by atoms with E-state index in [1.165, 1.54) is 16.8 Å². The van der Waals surface area contributed by atoms with Gasteiger partial charge in [-0.05, 0) is 30.3 Å². The maximum atomic E-state index is 13.1. The first-order valence-electron chi connectivity index (χ1n) is 11.6. The minimum atomic E-state index is -4.42. The van der Waals surface area contributed by atoms with Gasteiger partial charge in [0, 0.05) is 66.6 Å². The third-order valence-electron chi connectivity index (χ3n) is 6.60. The van der Waals surface area contributed by atoms with Crippen molar-refractivity contribution in [2.24, 2.45) is 0 Å². The summed E-state index contributed by atoms with van der Waals surface area (Å²) >= 11 is 12.5.